The van der Waals surface area contributed by atoms with Crippen LogP contribution in [-0.2, 0) is 0 Å². The molecule has 0 saturated heterocycles. The summed E-state index contributed by atoms with van der Waals surface area (Å²) in [5.41, 5.74) is 1.74. The van der Waals surface area contributed by atoms with E-state index >= 15 is 0 Å². The first-order chi connectivity index (χ1) is 9.60. The molecule has 4 heteroatoms. The van der Waals surface area contributed by atoms with Crippen molar-refractivity contribution < 1.29 is 4.79 Å². The van der Waals surface area contributed by atoms with Crippen molar-refractivity contribution in [3.63, 3.8) is 0 Å². The molecule has 2 rings (SSSR count). The molecule has 0 spiro atoms. The number of carbonyl (C=O) groups excluding carboxylic acids is 1. The maximum Gasteiger partial charge on any atom is 0.251 e. The molecule has 104 valence electrons. The predicted octanol–water partition coefficient (Wildman–Crippen LogP) is 4.83. The van der Waals surface area contributed by atoms with E-state index in [2.05, 4.69) is 27.9 Å². The quantitative estimate of drug-likeness (QED) is 0.733. The number of rotatable bonds is 4. The second-order valence-corrected chi connectivity index (χ2v) is 6.17. The summed E-state index contributed by atoms with van der Waals surface area (Å²) in [7, 11) is 0. The maximum absolute atomic E-state index is 12.2. The summed E-state index contributed by atoms with van der Waals surface area (Å²) in [6.45, 7) is 2.05. The fourth-order valence-corrected chi connectivity index (χ4v) is 2.44. The van der Waals surface area contributed by atoms with E-state index in [1.165, 1.54) is 0 Å². The molecule has 2 aromatic carbocycles. The molecule has 0 aliphatic heterocycles. The Kier molecular flexibility index (Phi) is 5.43. The molecule has 0 saturated carbocycles. The van der Waals surface area contributed by atoms with Crippen LogP contribution in [0.4, 0.5) is 0 Å². The Labute approximate surface area is 137 Å². The molecular weight excluding hydrogens is 385 g/mol. The van der Waals surface area contributed by atoms with Crippen LogP contribution in [0.1, 0.15) is 35.3 Å². The van der Waals surface area contributed by atoms with Crippen LogP contribution < -0.4 is 5.32 Å². The summed E-state index contributed by atoms with van der Waals surface area (Å²) in [5.74, 6) is -0.0526. The van der Waals surface area contributed by atoms with Crippen LogP contribution in [0.25, 0.3) is 0 Å². The smallest absolute Gasteiger partial charge is 0.251 e. The lowest BCUT2D eigenvalue weighted by molar-refractivity contribution is 0.0935. The standard InChI is InChI=1S/C16H15ClINO/c1-2-15(11-3-7-13(17)8-4-11)19-16(20)12-5-9-14(18)10-6-12/h3-10,15H,2H2,1H3,(H,19,20). The van der Waals surface area contributed by atoms with E-state index < -0.39 is 0 Å². The van der Waals surface area contributed by atoms with E-state index in [1.807, 2.05) is 55.5 Å². The number of halogens is 2. The van der Waals surface area contributed by atoms with Crippen LogP contribution in [0.2, 0.25) is 5.02 Å². The first-order valence-corrected chi connectivity index (χ1v) is 7.87. The molecule has 1 atom stereocenters. The van der Waals surface area contributed by atoms with Crippen LogP contribution in [0.15, 0.2) is 48.5 Å². The molecule has 0 radical (unpaired) electrons. The number of hydrogen-bond acceptors (Lipinski definition) is 1. The van der Waals surface area contributed by atoms with Crippen molar-refractivity contribution >= 4 is 40.1 Å². The zero-order valence-electron chi connectivity index (χ0n) is 11.1. The average molecular weight is 400 g/mol. The third kappa shape index (κ3) is 3.96. The molecular formula is C16H15ClINO. The van der Waals surface area contributed by atoms with Crippen molar-refractivity contribution in [2.75, 3.05) is 0 Å². The molecule has 0 aliphatic carbocycles. The van der Waals surface area contributed by atoms with Gasteiger partial charge in [0.2, 0.25) is 0 Å². The molecule has 0 aromatic heterocycles. The van der Waals surface area contributed by atoms with Gasteiger partial charge in [-0.3, -0.25) is 4.79 Å². The van der Waals surface area contributed by atoms with Crippen molar-refractivity contribution in [1.82, 2.24) is 5.32 Å². The van der Waals surface area contributed by atoms with Gasteiger partial charge in [-0.2, -0.15) is 0 Å². The van der Waals surface area contributed by atoms with Gasteiger partial charge in [0.25, 0.3) is 5.91 Å². The van der Waals surface area contributed by atoms with Gasteiger partial charge >= 0.3 is 0 Å². The lowest BCUT2D eigenvalue weighted by Gasteiger charge is -2.17. The molecule has 2 nitrogen and oxygen atoms in total. The zero-order chi connectivity index (χ0) is 14.5. The van der Waals surface area contributed by atoms with Gasteiger partial charge in [-0.25, -0.2) is 0 Å². The monoisotopic (exact) mass is 399 g/mol. The summed E-state index contributed by atoms with van der Waals surface area (Å²) < 4.78 is 1.11. The van der Waals surface area contributed by atoms with Gasteiger partial charge in [-0.1, -0.05) is 30.7 Å². The summed E-state index contributed by atoms with van der Waals surface area (Å²) >= 11 is 8.11. The lowest BCUT2D eigenvalue weighted by Crippen LogP contribution is -2.28. The number of nitrogens with one attached hydrogen (secondary N) is 1. The average Bonchev–Trinajstić information content (AvgIpc) is 2.46. The molecule has 1 unspecified atom stereocenters. The van der Waals surface area contributed by atoms with Crippen molar-refractivity contribution in [1.29, 1.82) is 0 Å². The van der Waals surface area contributed by atoms with Gasteiger partial charge in [0.15, 0.2) is 0 Å². The van der Waals surface area contributed by atoms with Crippen molar-refractivity contribution in [2.24, 2.45) is 0 Å². The topological polar surface area (TPSA) is 29.1 Å². The number of amides is 1. The highest BCUT2D eigenvalue weighted by Gasteiger charge is 2.13. The molecule has 1 amide bonds. The second-order valence-electron chi connectivity index (χ2n) is 4.49. The molecule has 0 heterocycles. The number of hydrogen-bond donors (Lipinski definition) is 1. The summed E-state index contributed by atoms with van der Waals surface area (Å²) in [6, 6.07) is 15.1. The molecule has 1 N–H and O–H groups in total. The van der Waals surface area contributed by atoms with Crippen molar-refractivity contribution in [3.05, 3.63) is 68.3 Å². The third-order valence-electron chi connectivity index (χ3n) is 3.09. The normalized spacial score (nSPS) is 11.9. The highest BCUT2D eigenvalue weighted by atomic mass is 127. The predicted molar refractivity (Wildman–Crippen MR) is 91.1 cm³/mol. The van der Waals surface area contributed by atoms with Gasteiger partial charge in [0.05, 0.1) is 6.04 Å². The fourth-order valence-electron chi connectivity index (χ4n) is 1.96. The minimum absolute atomic E-state index is 0.000885. The summed E-state index contributed by atoms with van der Waals surface area (Å²) in [6.07, 6.45) is 0.831. The van der Waals surface area contributed by atoms with Crippen LogP contribution in [0.3, 0.4) is 0 Å². The largest absolute Gasteiger partial charge is 0.345 e. The third-order valence-corrected chi connectivity index (χ3v) is 4.06. The van der Waals surface area contributed by atoms with Crippen LogP contribution in [-0.4, -0.2) is 5.91 Å². The minimum Gasteiger partial charge on any atom is -0.345 e. The summed E-state index contributed by atoms with van der Waals surface area (Å²) in [5, 5.41) is 3.76. The fraction of sp³-hybridized carbons (Fsp3) is 0.188. The van der Waals surface area contributed by atoms with E-state index in [1.54, 1.807) is 0 Å². The number of benzene rings is 2. The van der Waals surface area contributed by atoms with E-state index in [9.17, 15) is 4.79 Å². The SMILES string of the molecule is CCC(NC(=O)c1ccc(I)cc1)c1ccc(Cl)cc1. The summed E-state index contributed by atoms with van der Waals surface area (Å²) in [4.78, 5) is 12.2. The van der Waals surface area contributed by atoms with Gasteiger partial charge in [-0.15, -0.1) is 0 Å². The van der Waals surface area contributed by atoms with Crippen molar-refractivity contribution in [3.8, 4) is 0 Å². The van der Waals surface area contributed by atoms with E-state index in [0.717, 1.165) is 15.6 Å². The van der Waals surface area contributed by atoms with Gasteiger partial charge < -0.3 is 5.32 Å². The van der Waals surface area contributed by atoms with Gasteiger partial charge in [-0.05, 0) is 71.0 Å². The Morgan fingerprint density at radius 2 is 1.75 bits per heavy atom. The van der Waals surface area contributed by atoms with Gasteiger partial charge in [0.1, 0.15) is 0 Å². The van der Waals surface area contributed by atoms with Crippen LogP contribution in [0.5, 0.6) is 0 Å². The Balaban J connectivity index is 2.11. The molecule has 0 bridgehead atoms. The van der Waals surface area contributed by atoms with E-state index in [-0.39, 0.29) is 11.9 Å². The Hall–Kier alpha value is -1.07. The molecule has 2 aromatic rings. The Morgan fingerprint density at radius 1 is 1.15 bits per heavy atom. The first kappa shape index (κ1) is 15.3. The molecule has 20 heavy (non-hydrogen) atoms. The molecule has 0 fully saturated rings. The van der Waals surface area contributed by atoms with Crippen LogP contribution in [0, 0.1) is 3.57 Å². The van der Waals surface area contributed by atoms with Crippen LogP contribution >= 0.6 is 34.2 Å². The number of carbonyl (C=O) groups is 1. The second kappa shape index (κ2) is 7.09. The zero-order valence-corrected chi connectivity index (χ0v) is 14.0. The van der Waals surface area contributed by atoms with E-state index in [4.69, 9.17) is 11.6 Å². The first-order valence-electron chi connectivity index (χ1n) is 6.42. The Bertz CT molecular complexity index is 580. The van der Waals surface area contributed by atoms with Gasteiger partial charge in [0, 0.05) is 14.2 Å². The highest BCUT2D eigenvalue weighted by molar-refractivity contribution is 14.1. The maximum atomic E-state index is 12.2. The van der Waals surface area contributed by atoms with E-state index in [0.29, 0.717) is 10.6 Å². The Morgan fingerprint density at radius 3 is 2.30 bits per heavy atom. The molecule has 0 aliphatic rings. The van der Waals surface area contributed by atoms with Crippen molar-refractivity contribution in [2.45, 2.75) is 19.4 Å². The minimum atomic E-state index is -0.0526. The lowest BCUT2D eigenvalue weighted by atomic mass is 10.0. The highest BCUT2D eigenvalue weighted by Crippen LogP contribution is 2.20.